The zero-order valence-corrected chi connectivity index (χ0v) is 29.6. The maximum atomic E-state index is 12.5. The van der Waals surface area contributed by atoms with Crippen molar-refractivity contribution < 1.29 is 60.3 Å². The molecule has 9 N–H and O–H groups in total. The van der Waals surface area contributed by atoms with Crippen molar-refractivity contribution in [2.45, 2.75) is 9.79 Å². The summed E-state index contributed by atoms with van der Waals surface area (Å²) in [6.45, 7) is 0. The lowest BCUT2D eigenvalue weighted by molar-refractivity contribution is 0.0686. The van der Waals surface area contributed by atoms with E-state index in [1.165, 1.54) is 62.8 Å². The Morgan fingerprint density at radius 3 is 1.73 bits per heavy atom. The number of phenolic OH excluding ortho intramolecular Hbond substituents is 1. The highest BCUT2D eigenvalue weighted by Crippen LogP contribution is 2.49. The van der Waals surface area contributed by atoms with Gasteiger partial charge in [0, 0.05) is 17.8 Å². The van der Waals surface area contributed by atoms with Gasteiger partial charge in [0.1, 0.15) is 44.0 Å². The van der Waals surface area contributed by atoms with E-state index in [0.29, 0.717) is 12.1 Å². The molecule has 21 nitrogen and oxygen atoms in total. The van der Waals surface area contributed by atoms with Gasteiger partial charge in [0.25, 0.3) is 20.2 Å². The third kappa shape index (κ3) is 8.28. The quantitative estimate of drug-likeness (QED) is 0.0385. The monoisotopic (exact) mass is 794 g/mol. The number of nitrogen functional groups attached to an aromatic ring is 2. The number of methoxy groups -OCH3 is 2. The molecule has 0 bridgehead atoms. The van der Waals surface area contributed by atoms with Crippen molar-refractivity contribution >= 4 is 88.4 Å². The second kappa shape index (κ2) is 15.1. The molecule has 5 aromatic carbocycles. The molecule has 5 aromatic rings. The maximum absolute atomic E-state index is 12.5. The van der Waals surface area contributed by atoms with Crippen LogP contribution in [-0.2, 0) is 20.2 Å². The van der Waals surface area contributed by atoms with Crippen LogP contribution in [0.15, 0.2) is 107 Å². The molecule has 0 radical (unpaired) electrons. The number of benzene rings is 5. The predicted octanol–water partition coefficient (Wildman–Crippen LogP) is 6.86. The molecule has 0 saturated heterocycles. The molecule has 0 aliphatic rings. The van der Waals surface area contributed by atoms with Crippen molar-refractivity contribution in [2.24, 2.45) is 30.7 Å². The summed E-state index contributed by atoms with van der Waals surface area (Å²) in [5.41, 5.74) is 9.21. The van der Waals surface area contributed by atoms with E-state index in [1.807, 2.05) is 0 Å². The van der Waals surface area contributed by atoms with Crippen LogP contribution in [0.5, 0.6) is 17.2 Å². The molecule has 0 aromatic heterocycles. The number of azo groups is 3. The first-order chi connectivity index (χ1) is 25.8. The third-order valence-corrected chi connectivity index (χ3v) is 9.24. The summed E-state index contributed by atoms with van der Waals surface area (Å²) in [5, 5.41) is 52.6. The molecule has 0 aliphatic heterocycles. The molecular formula is C32H26N8O13S2. The van der Waals surface area contributed by atoms with Crippen LogP contribution in [0, 0.1) is 0 Å². The van der Waals surface area contributed by atoms with Gasteiger partial charge < -0.3 is 36.3 Å². The first kappa shape index (κ1) is 39.1. The van der Waals surface area contributed by atoms with Crippen LogP contribution in [0.4, 0.5) is 45.5 Å². The van der Waals surface area contributed by atoms with Crippen LogP contribution >= 0.6 is 0 Å². The highest BCUT2D eigenvalue weighted by molar-refractivity contribution is 7.86. The largest absolute Gasteiger partial charge is 0.505 e. The first-order valence-corrected chi connectivity index (χ1v) is 17.8. The van der Waals surface area contributed by atoms with E-state index >= 15 is 0 Å². The Morgan fingerprint density at radius 2 is 1.18 bits per heavy atom. The molecule has 0 spiro atoms. The van der Waals surface area contributed by atoms with Crippen LogP contribution in [0.2, 0.25) is 0 Å². The van der Waals surface area contributed by atoms with Gasteiger partial charge in [-0.3, -0.25) is 9.11 Å². The number of nitrogens with two attached hydrogens (primary N) is 2. The number of carbonyl (C=O) groups is 2. The molecule has 0 heterocycles. The summed E-state index contributed by atoms with van der Waals surface area (Å²) < 4.78 is 80.6. The summed E-state index contributed by atoms with van der Waals surface area (Å²) in [5.74, 6) is -3.67. The second-order valence-electron chi connectivity index (χ2n) is 11.0. The van der Waals surface area contributed by atoms with E-state index in [0.717, 1.165) is 6.07 Å². The van der Waals surface area contributed by atoms with E-state index in [2.05, 4.69) is 30.7 Å². The average molecular weight is 795 g/mol. The van der Waals surface area contributed by atoms with Gasteiger partial charge in [0.05, 0.1) is 47.8 Å². The standard InChI is InChI=1S/C32H26N8O13S2/c1-52-22-13-21(23(53-2)12-20(22)37-35-17-6-7-19(33)18(11-17)32(44)45)38-40-29-25(55(49,50)51)10-15-9-24(54(46,47)48)28(27(34)26(15)30(29)41)39-36-16-5-3-4-14(8-16)31(42)43/h3-13,41H,33-34H2,1-2H3,(H,42,43)(H,44,45)(H,46,47,48)(H,49,50,51). The van der Waals surface area contributed by atoms with Crippen molar-refractivity contribution in [2.75, 3.05) is 25.7 Å². The lowest BCUT2D eigenvalue weighted by Crippen LogP contribution is -2.03. The summed E-state index contributed by atoms with van der Waals surface area (Å²) in [6.07, 6.45) is 0. The number of carboxylic acid groups (broad SMARTS) is 2. The maximum Gasteiger partial charge on any atom is 0.337 e. The first-order valence-electron chi connectivity index (χ1n) is 14.9. The van der Waals surface area contributed by atoms with E-state index in [4.69, 9.17) is 20.9 Å². The molecule has 0 aliphatic carbocycles. The zero-order chi connectivity index (χ0) is 40.4. The Bertz CT molecular complexity index is 2740. The normalized spacial score (nSPS) is 12.2. The number of nitrogens with zero attached hydrogens (tertiary/aromatic N) is 6. The number of hydrogen-bond donors (Lipinski definition) is 7. The van der Waals surface area contributed by atoms with Crippen molar-refractivity contribution in [3.8, 4) is 17.2 Å². The minimum Gasteiger partial charge on any atom is -0.505 e. The number of hydrogen-bond acceptors (Lipinski definition) is 17. The third-order valence-electron chi connectivity index (χ3n) is 7.51. The smallest absolute Gasteiger partial charge is 0.337 e. The molecule has 284 valence electrons. The number of phenols is 1. The van der Waals surface area contributed by atoms with Crippen molar-refractivity contribution in [3.63, 3.8) is 0 Å². The van der Waals surface area contributed by atoms with Gasteiger partial charge in [0.2, 0.25) is 0 Å². The topological polar surface area (TPSA) is 348 Å². The fourth-order valence-corrected chi connectivity index (χ4v) is 6.27. The molecule has 0 fully saturated rings. The number of aromatic hydroxyl groups is 1. The van der Waals surface area contributed by atoms with Crippen molar-refractivity contribution in [1.29, 1.82) is 0 Å². The summed E-state index contributed by atoms with van der Waals surface area (Å²) in [6, 6.07) is 12.9. The van der Waals surface area contributed by atoms with E-state index in [1.54, 1.807) is 0 Å². The fraction of sp³-hybridized carbons (Fsp3) is 0.0625. The number of carboxylic acids is 2. The highest BCUT2D eigenvalue weighted by Gasteiger charge is 2.28. The van der Waals surface area contributed by atoms with Crippen LogP contribution in [0.25, 0.3) is 10.8 Å². The number of aromatic carboxylic acids is 2. The molecule has 0 atom stereocenters. The Hall–Kier alpha value is -7.08. The van der Waals surface area contributed by atoms with Crippen molar-refractivity contribution in [1.82, 2.24) is 0 Å². The number of anilines is 2. The lowest BCUT2D eigenvalue weighted by atomic mass is 10.1. The van der Waals surface area contributed by atoms with Crippen LogP contribution in [-0.4, -0.2) is 67.4 Å². The lowest BCUT2D eigenvalue weighted by Gasteiger charge is -2.14. The molecule has 0 saturated carbocycles. The van der Waals surface area contributed by atoms with Gasteiger partial charge in [-0.15, -0.1) is 20.5 Å². The zero-order valence-electron chi connectivity index (χ0n) is 28.0. The number of rotatable bonds is 12. The van der Waals surface area contributed by atoms with Gasteiger partial charge in [-0.05, 0) is 53.9 Å². The van der Waals surface area contributed by atoms with Gasteiger partial charge in [-0.1, -0.05) is 6.07 Å². The van der Waals surface area contributed by atoms with E-state index in [9.17, 15) is 50.8 Å². The number of ether oxygens (including phenoxy) is 2. The van der Waals surface area contributed by atoms with Gasteiger partial charge >= 0.3 is 11.9 Å². The summed E-state index contributed by atoms with van der Waals surface area (Å²) in [4.78, 5) is 20.8. The Labute approximate surface area is 309 Å². The molecule has 0 unspecified atom stereocenters. The van der Waals surface area contributed by atoms with Crippen LogP contribution in [0.3, 0.4) is 0 Å². The highest BCUT2D eigenvalue weighted by atomic mass is 32.2. The Kier molecular flexibility index (Phi) is 10.8. The SMILES string of the molecule is COc1cc(N=Nc2c(S(=O)(=O)O)cc3cc(S(=O)(=O)O)c(N=Nc4cccc(C(=O)O)c4)c(N)c3c2O)c(OC)cc1N=Nc1ccc(N)c(C(=O)O)c1. The second-order valence-corrected chi connectivity index (χ2v) is 13.8. The Morgan fingerprint density at radius 1 is 0.655 bits per heavy atom. The molecular weight excluding hydrogens is 769 g/mol. The molecule has 23 heteroatoms. The molecule has 5 rings (SSSR count). The van der Waals surface area contributed by atoms with Gasteiger partial charge in [0.15, 0.2) is 5.75 Å². The average Bonchev–Trinajstić information content (AvgIpc) is 3.12. The molecule has 55 heavy (non-hydrogen) atoms. The van der Waals surface area contributed by atoms with Gasteiger partial charge in [-0.2, -0.15) is 27.1 Å². The van der Waals surface area contributed by atoms with Gasteiger partial charge in [-0.25, -0.2) is 9.59 Å². The number of fused-ring (bicyclic) bond motifs is 1. The summed E-state index contributed by atoms with van der Waals surface area (Å²) >= 11 is 0. The van der Waals surface area contributed by atoms with E-state index < -0.39 is 75.5 Å². The predicted molar refractivity (Wildman–Crippen MR) is 193 cm³/mol. The minimum absolute atomic E-state index is 0.00666. The van der Waals surface area contributed by atoms with Crippen molar-refractivity contribution in [3.05, 3.63) is 77.9 Å². The minimum atomic E-state index is -5.25. The van der Waals surface area contributed by atoms with Crippen LogP contribution in [0.1, 0.15) is 20.7 Å². The fourth-order valence-electron chi connectivity index (χ4n) is 4.94. The molecule has 0 amide bonds. The van der Waals surface area contributed by atoms with Crippen LogP contribution < -0.4 is 20.9 Å². The Balaban J connectivity index is 1.66. The summed E-state index contributed by atoms with van der Waals surface area (Å²) in [7, 11) is -7.91. The van der Waals surface area contributed by atoms with E-state index in [-0.39, 0.29) is 51.1 Å².